The lowest BCUT2D eigenvalue weighted by atomic mass is 9.95. The summed E-state index contributed by atoms with van der Waals surface area (Å²) in [6.07, 6.45) is 4.46. The number of nitrogens with zero attached hydrogens (tertiary/aromatic N) is 2. The van der Waals surface area contributed by atoms with Gasteiger partial charge < -0.3 is 9.71 Å². The Bertz CT molecular complexity index is 437. The van der Waals surface area contributed by atoms with Crippen LogP contribution in [0.5, 0.6) is 0 Å². The molecule has 0 aliphatic carbocycles. The second-order valence-electron chi connectivity index (χ2n) is 5.83. The Morgan fingerprint density at radius 1 is 1.26 bits per heavy atom. The Morgan fingerprint density at radius 3 is 2.53 bits per heavy atom. The predicted molar refractivity (Wildman–Crippen MR) is 82.9 cm³/mol. The van der Waals surface area contributed by atoms with Crippen LogP contribution in [-0.4, -0.2) is 44.9 Å². The van der Waals surface area contributed by atoms with Crippen molar-refractivity contribution in [3.63, 3.8) is 0 Å². The van der Waals surface area contributed by atoms with Gasteiger partial charge >= 0.3 is 0 Å². The number of hydrogen-bond donors (Lipinski definition) is 0. The van der Waals surface area contributed by atoms with Crippen molar-refractivity contribution in [3.05, 3.63) is 41.5 Å². The van der Waals surface area contributed by atoms with E-state index in [2.05, 4.69) is 56.3 Å². The van der Waals surface area contributed by atoms with Crippen LogP contribution in [0.1, 0.15) is 24.5 Å². The molecule has 1 heterocycles. The molecule has 2 rings (SSSR count). The highest BCUT2D eigenvalue weighted by molar-refractivity contribution is 6.09. The molecule has 1 aliphatic rings. The van der Waals surface area contributed by atoms with E-state index in [1.54, 1.807) is 0 Å². The summed E-state index contributed by atoms with van der Waals surface area (Å²) in [7, 11) is 10.3. The second kappa shape index (κ2) is 6.29. The lowest BCUT2D eigenvalue weighted by molar-refractivity contribution is 0.413. The van der Waals surface area contributed by atoms with Crippen molar-refractivity contribution < 1.29 is 0 Å². The van der Waals surface area contributed by atoms with E-state index < -0.39 is 0 Å². The molecule has 0 saturated heterocycles. The fourth-order valence-corrected chi connectivity index (χ4v) is 2.42. The average molecular weight is 254 g/mol. The highest BCUT2D eigenvalue weighted by Gasteiger charge is 2.15. The number of rotatable bonds is 4. The number of hydrogen-bond acceptors (Lipinski definition) is 2. The third-order valence-corrected chi connectivity index (χ3v) is 3.63. The fourth-order valence-electron chi connectivity index (χ4n) is 2.42. The van der Waals surface area contributed by atoms with E-state index in [4.69, 9.17) is 7.98 Å². The van der Waals surface area contributed by atoms with Gasteiger partial charge in [0, 0.05) is 18.8 Å². The Hall–Kier alpha value is -1.22. The highest BCUT2D eigenvalue weighted by Crippen LogP contribution is 2.25. The first-order valence-electron chi connectivity index (χ1n) is 7.02. The van der Waals surface area contributed by atoms with E-state index in [9.17, 15) is 0 Å². The zero-order chi connectivity index (χ0) is 13.8. The maximum atomic E-state index is 6.10. The first-order valence-corrected chi connectivity index (χ1v) is 7.02. The minimum Gasteiger partial charge on any atom is -0.424 e. The molecule has 1 aromatic rings. The first kappa shape index (κ1) is 14.2. The largest absolute Gasteiger partial charge is 0.424 e. The Morgan fingerprint density at radius 2 is 1.95 bits per heavy atom. The van der Waals surface area contributed by atoms with Crippen LogP contribution in [0, 0.1) is 5.92 Å². The molecular weight excluding hydrogens is 231 g/mol. The number of allylic oxidation sites excluding steroid dienone is 1. The number of benzene rings is 1. The maximum Gasteiger partial charge on any atom is 0.226 e. The SMILES string of the molecule is [B]N1CC(C)CC=C1c1ccc(CCN(C)C)cc1. The Balaban J connectivity index is 2.06. The van der Waals surface area contributed by atoms with Gasteiger partial charge in [0.1, 0.15) is 0 Å². The zero-order valence-electron chi connectivity index (χ0n) is 12.3. The quantitative estimate of drug-likeness (QED) is 0.762. The van der Waals surface area contributed by atoms with Crippen LogP contribution in [0.15, 0.2) is 30.3 Å². The van der Waals surface area contributed by atoms with Crippen molar-refractivity contribution in [1.82, 2.24) is 9.71 Å². The van der Waals surface area contributed by atoms with Crippen LogP contribution >= 0.6 is 0 Å². The van der Waals surface area contributed by atoms with Gasteiger partial charge in [-0.1, -0.05) is 37.3 Å². The first-order chi connectivity index (χ1) is 9.06. The van der Waals surface area contributed by atoms with Crippen LogP contribution in [0.4, 0.5) is 0 Å². The molecule has 0 bridgehead atoms. The van der Waals surface area contributed by atoms with E-state index in [0.717, 1.165) is 31.6 Å². The maximum absolute atomic E-state index is 6.10. The van der Waals surface area contributed by atoms with Crippen LogP contribution in [-0.2, 0) is 6.42 Å². The molecule has 0 amide bonds. The van der Waals surface area contributed by atoms with Crippen molar-refractivity contribution in [1.29, 1.82) is 0 Å². The van der Waals surface area contributed by atoms with Gasteiger partial charge in [0.05, 0.1) is 0 Å². The summed E-state index contributed by atoms with van der Waals surface area (Å²) in [5.41, 5.74) is 3.77. The normalized spacial score (nSPS) is 19.7. The van der Waals surface area contributed by atoms with Gasteiger partial charge in [-0.25, -0.2) is 0 Å². The molecule has 0 fully saturated rings. The summed E-state index contributed by atoms with van der Waals surface area (Å²) in [4.78, 5) is 4.09. The van der Waals surface area contributed by atoms with Crippen LogP contribution in [0.3, 0.4) is 0 Å². The van der Waals surface area contributed by atoms with Crippen molar-refractivity contribution in [3.8, 4) is 0 Å². The van der Waals surface area contributed by atoms with Gasteiger partial charge in [-0.2, -0.15) is 0 Å². The lowest BCUT2D eigenvalue weighted by Crippen LogP contribution is -2.28. The monoisotopic (exact) mass is 254 g/mol. The predicted octanol–water partition coefficient (Wildman–Crippen LogP) is 2.56. The van der Waals surface area contributed by atoms with Gasteiger partial charge in [0.2, 0.25) is 7.98 Å². The van der Waals surface area contributed by atoms with E-state index >= 15 is 0 Å². The smallest absolute Gasteiger partial charge is 0.226 e. The van der Waals surface area contributed by atoms with E-state index in [0.29, 0.717) is 5.92 Å². The van der Waals surface area contributed by atoms with Crippen molar-refractivity contribution in [2.45, 2.75) is 19.8 Å². The molecule has 1 aliphatic heterocycles. The van der Waals surface area contributed by atoms with Crippen LogP contribution < -0.4 is 0 Å². The molecule has 0 spiro atoms. The Kier molecular flexibility index (Phi) is 4.70. The van der Waals surface area contributed by atoms with Crippen molar-refractivity contribution >= 4 is 13.7 Å². The van der Waals surface area contributed by atoms with E-state index in [1.807, 2.05) is 4.81 Å². The van der Waals surface area contributed by atoms with Gasteiger partial charge in [-0.15, -0.1) is 0 Å². The topological polar surface area (TPSA) is 6.48 Å². The van der Waals surface area contributed by atoms with Gasteiger partial charge in [-0.3, -0.25) is 0 Å². The standard InChI is InChI=1S/C16H23BN2/c1-13-4-9-16(19(17)12-13)15-7-5-14(6-8-15)10-11-18(2)3/h5-9,13H,4,10-12H2,1-3H3. The number of likely N-dealkylation sites (N-methyl/N-ethyl adjacent to an activating group) is 1. The summed E-state index contributed by atoms with van der Waals surface area (Å²) in [6, 6.07) is 8.80. The summed E-state index contributed by atoms with van der Waals surface area (Å²) >= 11 is 0. The third-order valence-electron chi connectivity index (χ3n) is 3.63. The lowest BCUT2D eigenvalue weighted by Gasteiger charge is -2.31. The minimum absolute atomic E-state index is 0.646. The fraction of sp³-hybridized carbons (Fsp3) is 0.500. The van der Waals surface area contributed by atoms with E-state index in [-0.39, 0.29) is 0 Å². The molecule has 1 unspecified atom stereocenters. The highest BCUT2D eigenvalue weighted by atomic mass is 15.1. The van der Waals surface area contributed by atoms with Crippen LogP contribution in [0.2, 0.25) is 0 Å². The van der Waals surface area contributed by atoms with Gasteiger partial charge in [-0.05, 0) is 44.0 Å². The summed E-state index contributed by atoms with van der Waals surface area (Å²) in [6.45, 7) is 4.26. The molecule has 0 N–H and O–H groups in total. The zero-order valence-corrected chi connectivity index (χ0v) is 12.3. The van der Waals surface area contributed by atoms with Crippen LogP contribution in [0.25, 0.3) is 5.70 Å². The molecule has 1 atom stereocenters. The third kappa shape index (κ3) is 3.87. The van der Waals surface area contributed by atoms with E-state index in [1.165, 1.54) is 11.1 Å². The summed E-state index contributed by atoms with van der Waals surface area (Å²) < 4.78 is 0. The molecule has 3 heteroatoms. The molecule has 2 radical (unpaired) electrons. The van der Waals surface area contributed by atoms with Crippen molar-refractivity contribution in [2.75, 3.05) is 27.2 Å². The minimum atomic E-state index is 0.646. The molecule has 1 aromatic carbocycles. The molecular formula is C16H23BN2. The molecule has 100 valence electrons. The summed E-state index contributed by atoms with van der Waals surface area (Å²) in [5.74, 6) is 0.646. The Labute approximate surface area is 118 Å². The van der Waals surface area contributed by atoms with Gasteiger partial charge in [0.15, 0.2) is 0 Å². The molecule has 2 nitrogen and oxygen atoms in total. The van der Waals surface area contributed by atoms with Gasteiger partial charge in [0.25, 0.3) is 0 Å². The molecule has 0 saturated carbocycles. The molecule has 0 aromatic heterocycles. The molecule has 19 heavy (non-hydrogen) atoms. The summed E-state index contributed by atoms with van der Waals surface area (Å²) in [5, 5.41) is 0. The average Bonchev–Trinajstić information content (AvgIpc) is 2.37. The second-order valence-corrected chi connectivity index (χ2v) is 5.83. The van der Waals surface area contributed by atoms with Crippen molar-refractivity contribution in [2.24, 2.45) is 5.92 Å².